The van der Waals surface area contributed by atoms with Crippen LogP contribution in [-0.2, 0) is 4.74 Å². The number of nitrogens with two attached hydrogens (primary N) is 1. The van der Waals surface area contributed by atoms with Crippen LogP contribution >= 0.6 is 11.6 Å². The van der Waals surface area contributed by atoms with E-state index in [1.807, 2.05) is 11.9 Å². The summed E-state index contributed by atoms with van der Waals surface area (Å²) in [6, 6.07) is 4.32. The second-order valence-corrected chi connectivity index (χ2v) is 11.3. The molecule has 0 atom stereocenters. The number of anilines is 3. The van der Waals surface area contributed by atoms with E-state index in [1.165, 1.54) is 19.2 Å². The highest BCUT2D eigenvalue weighted by Gasteiger charge is 2.26. The van der Waals surface area contributed by atoms with Crippen LogP contribution in [0.1, 0.15) is 32.8 Å². The summed E-state index contributed by atoms with van der Waals surface area (Å²) in [6.45, 7) is 8.53. The van der Waals surface area contributed by atoms with E-state index in [0.717, 1.165) is 49.9 Å². The summed E-state index contributed by atoms with van der Waals surface area (Å²) in [7, 11) is 2.00. The maximum absolute atomic E-state index is 16.3. The van der Waals surface area contributed by atoms with Crippen molar-refractivity contribution in [3.05, 3.63) is 57.9 Å². The highest BCUT2D eigenvalue weighted by molar-refractivity contribution is 6.35. The summed E-state index contributed by atoms with van der Waals surface area (Å²) in [5.74, 6) is -2.70. The molecular weight excluding hydrogens is 596 g/mol. The van der Waals surface area contributed by atoms with Crippen LogP contribution in [0.5, 0.6) is 0 Å². The van der Waals surface area contributed by atoms with Crippen LogP contribution in [0.2, 0.25) is 5.02 Å². The van der Waals surface area contributed by atoms with E-state index in [1.54, 1.807) is 6.07 Å². The number of carbonyl (C=O) groups is 2. The fraction of sp³-hybridized carbons (Fsp3) is 0.448. The molecule has 4 N–H and O–H groups in total. The van der Waals surface area contributed by atoms with Crippen molar-refractivity contribution >= 4 is 40.5 Å². The number of morpholine rings is 1. The van der Waals surface area contributed by atoms with Gasteiger partial charge in [0.15, 0.2) is 17.3 Å². The van der Waals surface area contributed by atoms with Crippen molar-refractivity contribution in [3.63, 3.8) is 0 Å². The Labute approximate surface area is 259 Å². The zero-order chi connectivity index (χ0) is 31.4. The molecule has 2 fully saturated rings. The van der Waals surface area contributed by atoms with E-state index < -0.39 is 23.4 Å². The molecule has 15 heteroatoms. The topological polar surface area (TPSA) is 134 Å². The molecule has 2 aliphatic rings. The SMILES string of the molecule is Cc1c(F)c(N)cc(C(=O)Nc2c(N3CCN(C)CC3)ccc(-n3cc(C(=O)NCCCN4CCOCC4)nn3)c2F)c1Cl. The average Bonchev–Trinajstić information content (AvgIpc) is 3.52. The van der Waals surface area contributed by atoms with Gasteiger partial charge in [0.05, 0.1) is 41.4 Å². The number of aromatic nitrogens is 3. The lowest BCUT2D eigenvalue weighted by atomic mass is 10.1. The van der Waals surface area contributed by atoms with E-state index in [4.69, 9.17) is 22.1 Å². The van der Waals surface area contributed by atoms with Crippen LogP contribution in [0.3, 0.4) is 0 Å². The fourth-order valence-electron chi connectivity index (χ4n) is 5.21. The van der Waals surface area contributed by atoms with Gasteiger partial charge >= 0.3 is 0 Å². The highest BCUT2D eigenvalue weighted by Crippen LogP contribution is 2.35. The second kappa shape index (κ2) is 13.8. The average molecular weight is 632 g/mol. The van der Waals surface area contributed by atoms with Crippen molar-refractivity contribution in [1.82, 2.24) is 30.1 Å². The van der Waals surface area contributed by atoms with Gasteiger partial charge < -0.3 is 30.9 Å². The first-order chi connectivity index (χ1) is 21.1. The zero-order valence-corrected chi connectivity index (χ0v) is 25.5. The number of nitrogens with one attached hydrogen (secondary N) is 2. The van der Waals surface area contributed by atoms with Crippen molar-refractivity contribution in [3.8, 4) is 5.69 Å². The fourth-order valence-corrected chi connectivity index (χ4v) is 5.43. The van der Waals surface area contributed by atoms with E-state index in [0.29, 0.717) is 38.5 Å². The largest absolute Gasteiger partial charge is 0.396 e. The number of piperazine rings is 1. The van der Waals surface area contributed by atoms with E-state index in [9.17, 15) is 14.0 Å². The standard InChI is InChI=1S/C29H36ClF2N9O3/c1-18-24(30)19(16-20(33)25(18)31)28(42)35-27-23(40-10-8-38(2)9-11-40)5-4-22(26(27)32)41-17-21(36-37-41)29(43)34-6-3-7-39-12-14-44-15-13-39/h4-5,16-17H,3,6-15,33H2,1-2H3,(H,34,43)(H,35,42). The molecule has 3 heterocycles. The number of rotatable bonds is 9. The first-order valence-corrected chi connectivity index (χ1v) is 14.8. The molecule has 0 spiro atoms. The maximum Gasteiger partial charge on any atom is 0.273 e. The maximum atomic E-state index is 16.3. The number of hydrogen-bond donors (Lipinski definition) is 3. The predicted octanol–water partition coefficient (Wildman–Crippen LogP) is 2.55. The lowest BCUT2D eigenvalue weighted by Crippen LogP contribution is -2.44. The number of likely N-dealkylation sites (N-methyl/N-ethyl adjacent to an activating group) is 1. The molecule has 5 rings (SSSR count). The first-order valence-electron chi connectivity index (χ1n) is 14.5. The smallest absolute Gasteiger partial charge is 0.273 e. The van der Waals surface area contributed by atoms with Crippen molar-refractivity contribution in [2.45, 2.75) is 13.3 Å². The normalized spacial score (nSPS) is 16.2. The third-order valence-electron chi connectivity index (χ3n) is 7.89. The van der Waals surface area contributed by atoms with Crippen LogP contribution in [0.25, 0.3) is 5.69 Å². The molecule has 0 bridgehead atoms. The molecule has 1 aromatic heterocycles. The van der Waals surface area contributed by atoms with Gasteiger partial charge in [-0.1, -0.05) is 16.8 Å². The predicted molar refractivity (Wildman–Crippen MR) is 164 cm³/mol. The number of nitrogen functional groups attached to an aromatic ring is 1. The molecule has 0 saturated carbocycles. The number of benzene rings is 2. The molecule has 2 aliphatic heterocycles. The minimum atomic E-state index is -0.792. The molecule has 12 nitrogen and oxygen atoms in total. The first kappa shape index (κ1) is 31.6. The lowest BCUT2D eigenvalue weighted by Gasteiger charge is -2.35. The van der Waals surface area contributed by atoms with Gasteiger partial charge in [-0.2, -0.15) is 0 Å². The monoisotopic (exact) mass is 631 g/mol. The summed E-state index contributed by atoms with van der Waals surface area (Å²) >= 11 is 6.29. The quantitative estimate of drug-likeness (QED) is 0.241. The molecule has 3 aromatic rings. The van der Waals surface area contributed by atoms with Gasteiger partial charge in [0.25, 0.3) is 11.8 Å². The molecule has 0 aliphatic carbocycles. The van der Waals surface area contributed by atoms with Crippen LogP contribution in [0, 0.1) is 18.6 Å². The molecule has 2 amide bonds. The second-order valence-electron chi connectivity index (χ2n) is 10.9. The van der Waals surface area contributed by atoms with Gasteiger partial charge in [-0.25, -0.2) is 13.5 Å². The Morgan fingerprint density at radius 3 is 2.48 bits per heavy atom. The Bertz CT molecular complexity index is 1520. The molecule has 0 radical (unpaired) electrons. The van der Waals surface area contributed by atoms with Gasteiger partial charge in [0.2, 0.25) is 0 Å². The van der Waals surface area contributed by atoms with E-state index in [2.05, 4.69) is 30.7 Å². The Hall–Kier alpha value is -3.85. The number of carbonyl (C=O) groups excluding carboxylic acids is 2. The van der Waals surface area contributed by atoms with Crippen molar-refractivity contribution in [2.24, 2.45) is 0 Å². The number of amides is 2. The third-order valence-corrected chi connectivity index (χ3v) is 8.38. The lowest BCUT2D eigenvalue weighted by molar-refractivity contribution is 0.0374. The van der Waals surface area contributed by atoms with Crippen molar-refractivity contribution in [2.75, 3.05) is 88.6 Å². The number of ether oxygens (including phenoxy) is 1. The third kappa shape index (κ3) is 6.93. The molecule has 0 unspecified atom stereocenters. The van der Waals surface area contributed by atoms with Crippen molar-refractivity contribution in [1.29, 1.82) is 0 Å². The highest BCUT2D eigenvalue weighted by atomic mass is 35.5. The Balaban J connectivity index is 1.37. The van der Waals surface area contributed by atoms with Gasteiger partial charge in [-0.05, 0) is 45.1 Å². The van der Waals surface area contributed by atoms with E-state index >= 15 is 4.39 Å². The zero-order valence-electron chi connectivity index (χ0n) is 24.7. The number of hydrogen-bond acceptors (Lipinski definition) is 9. The van der Waals surface area contributed by atoms with Crippen LogP contribution < -0.4 is 21.3 Å². The summed E-state index contributed by atoms with van der Waals surface area (Å²) in [4.78, 5) is 32.5. The van der Waals surface area contributed by atoms with Crippen LogP contribution in [-0.4, -0.2) is 109 Å². The molecule has 236 valence electrons. The molecule has 44 heavy (non-hydrogen) atoms. The minimum absolute atomic E-state index is 0.0137. The van der Waals surface area contributed by atoms with Crippen LogP contribution in [0.4, 0.5) is 25.8 Å². The van der Waals surface area contributed by atoms with Gasteiger partial charge in [0, 0.05) is 51.4 Å². The molecular formula is C29H36ClF2N9O3. The van der Waals surface area contributed by atoms with Crippen molar-refractivity contribution < 1.29 is 23.1 Å². The van der Waals surface area contributed by atoms with E-state index in [-0.39, 0.29) is 38.9 Å². The summed E-state index contributed by atoms with van der Waals surface area (Å²) in [5, 5.41) is 13.3. The molecule has 2 aromatic carbocycles. The summed E-state index contributed by atoms with van der Waals surface area (Å²) in [5.41, 5.74) is 5.76. The number of nitrogens with zero attached hydrogens (tertiary/aromatic N) is 6. The Morgan fingerprint density at radius 1 is 1.05 bits per heavy atom. The van der Waals surface area contributed by atoms with Crippen LogP contribution in [0.15, 0.2) is 24.4 Å². The van der Waals surface area contributed by atoms with Gasteiger partial charge in [-0.3, -0.25) is 14.5 Å². The minimum Gasteiger partial charge on any atom is -0.396 e. The summed E-state index contributed by atoms with van der Waals surface area (Å²) < 4.78 is 37.1. The number of halogens is 3. The Morgan fingerprint density at radius 2 is 1.75 bits per heavy atom. The Kier molecular flexibility index (Phi) is 9.93. The summed E-state index contributed by atoms with van der Waals surface area (Å²) in [6.07, 6.45) is 2.09. The van der Waals surface area contributed by atoms with Gasteiger partial charge in [0.1, 0.15) is 11.4 Å². The molecule has 2 saturated heterocycles. The van der Waals surface area contributed by atoms with Gasteiger partial charge in [-0.15, -0.1) is 5.10 Å².